The average molecular weight is 384 g/mol. The van der Waals surface area contributed by atoms with Crippen LogP contribution in [-0.2, 0) is 13.8 Å². The number of hydrogen-bond donors (Lipinski definition) is 0. The van der Waals surface area contributed by atoms with Crippen molar-refractivity contribution in [2.75, 3.05) is 13.2 Å². The van der Waals surface area contributed by atoms with Crippen molar-refractivity contribution in [2.45, 2.75) is 36.7 Å². The van der Waals surface area contributed by atoms with Crippen molar-refractivity contribution >= 4 is 35.7 Å². The third-order valence-corrected chi connectivity index (χ3v) is 4.96. The summed E-state index contributed by atoms with van der Waals surface area (Å²) in [5, 5.41) is 0. The molecule has 0 aromatic heterocycles. The van der Waals surface area contributed by atoms with Crippen molar-refractivity contribution in [1.82, 2.24) is 0 Å². The second kappa shape index (κ2) is 7.11. The summed E-state index contributed by atoms with van der Waals surface area (Å²) in [4.78, 5) is -0.00865. The van der Waals surface area contributed by atoms with Crippen molar-refractivity contribution in [3.05, 3.63) is 22.7 Å². The molecule has 1 aromatic rings. The van der Waals surface area contributed by atoms with Gasteiger partial charge < -0.3 is 9.47 Å². The maximum Gasteiger partial charge on any atom is 0.265 e. The zero-order valence-corrected chi connectivity index (χ0v) is 14.0. The van der Waals surface area contributed by atoms with Gasteiger partial charge in [0.25, 0.3) is 9.05 Å². The first kappa shape index (κ1) is 16.1. The Balaban J connectivity index is 1.92. The number of rotatable bonds is 6. The lowest BCUT2D eigenvalue weighted by Gasteiger charge is -2.12. The smallest absolute Gasteiger partial charge is 0.265 e. The van der Waals surface area contributed by atoms with E-state index >= 15 is 0 Å². The fraction of sp³-hybridized carbons (Fsp3) is 0.538. The molecule has 0 aliphatic carbocycles. The Morgan fingerprint density at radius 1 is 1.45 bits per heavy atom. The highest BCUT2D eigenvalue weighted by molar-refractivity contribution is 9.10. The molecule has 1 fully saturated rings. The number of ether oxygens (including phenoxy) is 2. The molecule has 0 bridgehead atoms. The lowest BCUT2D eigenvalue weighted by atomic mass is 10.1. The standard InChI is InChI=1S/C13H16BrClO4S/c14-10-5-6-12(13(9-10)20(15,16)17)19-8-2-4-11-3-1-7-18-11/h5-6,9,11H,1-4,7-8H2. The monoisotopic (exact) mass is 382 g/mol. The molecular formula is C13H16BrClO4S. The molecule has 112 valence electrons. The molecule has 1 saturated heterocycles. The van der Waals surface area contributed by atoms with E-state index in [1.807, 2.05) is 0 Å². The van der Waals surface area contributed by atoms with Gasteiger partial charge in [-0.15, -0.1) is 0 Å². The van der Waals surface area contributed by atoms with Crippen molar-refractivity contribution in [3.8, 4) is 5.75 Å². The summed E-state index contributed by atoms with van der Waals surface area (Å²) in [7, 11) is 1.59. The van der Waals surface area contributed by atoms with Crippen LogP contribution in [0.5, 0.6) is 5.75 Å². The van der Waals surface area contributed by atoms with Gasteiger partial charge >= 0.3 is 0 Å². The van der Waals surface area contributed by atoms with Crippen LogP contribution in [0.1, 0.15) is 25.7 Å². The maximum absolute atomic E-state index is 11.5. The van der Waals surface area contributed by atoms with Gasteiger partial charge in [-0.25, -0.2) is 8.42 Å². The molecule has 1 atom stereocenters. The van der Waals surface area contributed by atoms with E-state index in [0.717, 1.165) is 32.3 Å². The molecule has 0 spiro atoms. The van der Waals surface area contributed by atoms with Crippen LogP contribution in [-0.4, -0.2) is 27.7 Å². The average Bonchev–Trinajstić information content (AvgIpc) is 2.88. The molecule has 2 rings (SSSR count). The van der Waals surface area contributed by atoms with Gasteiger partial charge in [0.15, 0.2) is 0 Å². The van der Waals surface area contributed by atoms with Crippen molar-refractivity contribution in [1.29, 1.82) is 0 Å². The van der Waals surface area contributed by atoms with Gasteiger partial charge in [-0.05, 0) is 43.9 Å². The van der Waals surface area contributed by atoms with Crippen LogP contribution in [0, 0.1) is 0 Å². The molecule has 4 nitrogen and oxygen atoms in total. The van der Waals surface area contributed by atoms with E-state index in [9.17, 15) is 8.42 Å². The molecule has 20 heavy (non-hydrogen) atoms. The van der Waals surface area contributed by atoms with E-state index in [2.05, 4.69) is 15.9 Å². The van der Waals surface area contributed by atoms with Gasteiger partial charge in [-0.2, -0.15) is 0 Å². The van der Waals surface area contributed by atoms with E-state index < -0.39 is 9.05 Å². The zero-order chi connectivity index (χ0) is 14.6. The minimum atomic E-state index is -3.82. The van der Waals surface area contributed by atoms with Crippen molar-refractivity contribution in [3.63, 3.8) is 0 Å². The van der Waals surface area contributed by atoms with E-state index in [1.54, 1.807) is 12.1 Å². The van der Waals surface area contributed by atoms with Gasteiger partial charge in [-0.3, -0.25) is 0 Å². The quantitative estimate of drug-likeness (QED) is 0.555. The Bertz CT molecular complexity index is 555. The molecule has 1 heterocycles. The van der Waals surface area contributed by atoms with Gasteiger partial charge in [0.2, 0.25) is 0 Å². The lowest BCUT2D eigenvalue weighted by molar-refractivity contribution is 0.0980. The third-order valence-electron chi connectivity index (χ3n) is 3.12. The summed E-state index contributed by atoms with van der Waals surface area (Å²) in [6.45, 7) is 1.29. The molecule has 1 unspecified atom stereocenters. The largest absolute Gasteiger partial charge is 0.492 e. The molecule has 1 aliphatic rings. The first-order chi connectivity index (χ1) is 9.47. The van der Waals surface area contributed by atoms with Gasteiger partial charge in [0, 0.05) is 21.8 Å². The molecule has 7 heteroatoms. The van der Waals surface area contributed by atoms with Crippen LogP contribution in [0.2, 0.25) is 0 Å². The third kappa shape index (κ3) is 4.62. The summed E-state index contributed by atoms with van der Waals surface area (Å²) in [5.41, 5.74) is 0. The second-order valence-electron chi connectivity index (χ2n) is 4.65. The van der Waals surface area contributed by atoms with Crippen molar-refractivity contribution < 1.29 is 17.9 Å². The molecule has 1 aromatic carbocycles. The minimum absolute atomic E-state index is 0.00865. The molecular weight excluding hydrogens is 368 g/mol. The maximum atomic E-state index is 11.5. The minimum Gasteiger partial charge on any atom is -0.492 e. The first-order valence-electron chi connectivity index (χ1n) is 6.45. The predicted octanol–water partition coefficient (Wildman–Crippen LogP) is 3.71. The summed E-state index contributed by atoms with van der Waals surface area (Å²) in [6, 6.07) is 4.77. The molecule has 0 amide bonds. The Hall–Kier alpha value is -0.300. The lowest BCUT2D eigenvalue weighted by Crippen LogP contribution is -2.08. The van der Waals surface area contributed by atoms with Crippen LogP contribution < -0.4 is 4.74 Å². The van der Waals surface area contributed by atoms with E-state index in [0.29, 0.717) is 17.2 Å². The summed E-state index contributed by atoms with van der Waals surface area (Å²) >= 11 is 3.22. The van der Waals surface area contributed by atoms with E-state index in [4.69, 9.17) is 20.2 Å². The zero-order valence-electron chi connectivity index (χ0n) is 10.8. The highest BCUT2D eigenvalue weighted by Gasteiger charge is 2.18. The topological polar surface area (TPSA) is 52.6 Å². The molecule has 0 radical (unpaired) electrons. The van der Waals surface area contributed by atoms with E-state index in [-0.39, 0.29) is 10.6 Å². The second-order valence-corrected chi connectivity index (χ2v) is 8.10. The Morgan fingerprint density at radius 3 is 2.90 bits per heavy atom. The SMILES string of the molecule is O=S(=O)(Cl)c1cc(Br)ccc1OCCCC1CCCO1. The van der Waals surface area contributed by atoms with Crippen LogP contribution in [0.3, 0.4) is 0 Å². The normalized spacial score (nSPS) is 19.2. The molecule has 0 saturated carbocycles. The van der Waals surface area contributed by atoms with Gasteiger partial charge in [0.05, 0.1) is 12.7 Å². The van der Waals surface area contributed by atoms with Crippen LogP contribution in [0.15, 0.2) is 27.6 Å². The molecule has 0 N–H and O–H groups in total. The Labute approximate surface area is 132 Å². The van der Waals surface area contributed by atoms with Crippen molar-refractivity contribution in [2.24, 2.45) is 0 Å². The summed E-state index contributed by atoms with van der Waals surface area (Å²) in [6.07, 6.45) is 4.29. The fourth-order valence-electron chi connectivity index (χ4n) is 2.16. The Morgan fingerprint density at radius 2 is 2.25 bits per heavy atom. The number of halogens is 2. The first-order valence-corrected chi connectivity index (χ1v) is 9.55. The van der Waals surface area contributed by atoms with Gasteiger partial charge in [0.1, 0.15) is 10.6 Å². The van der Waals surface area contributed by atoms with Crippen LogP contribution >= 0.6 is 26.6 Å². The highest BCUT2D eigenvalue weighted by atomic mass is 79.9. The van der Waals surface area contributed by atoms with E-state index in [1.165, 1.54) is 6.07 Å². The summed E-state index contributed by atoms with van der Waals surface area (Å²) in [5.74, 6) is 0.288. The van der Waals surface area contributed by atoms with Crippen LogP contribution in [0.25, 0.3) is 0 Å². The number of benzene rings is 1. The summed E-state index contributed by atoms with van der Waals surface area (Å²) < 4.78 is 34.7. The molecule has 1 aliphatic heterocycles. The Kier molecular flexibility index (Phi) is 5.72. The highest BCUT2D eigenvalue weighted by Crippen LogP contribution is 2.30. The number of hydrogen-bond acceptors (Lipinski definition) is 4. The van der Waals surface area contributed by atoms with Crippen LogP contribution in [0.4, 0.5) is 0 Å². The fourth-order valence-corrected chi connectivity index (χ4v) is 3.67. The van der Waals surface area contributed by atoms with Gasteiger partial charge in [-0.1, -0.05) is 15.9 Å². The predicted molar refractivity (Wildman–Crippen MR) is 80.9 cm³/mol.